The van der Waals surface area contributed by atoms with Crippen molar-refractivity contribution < 1.29 is 9.84 Å². The molecule has 1 aliphatic heterocycles. The number of aliphatic hydroxyl groups excluding tert-OH is 1. The van der Waals surface area contributed by atoms with E-state index in [9.17, 15) is 0 Å². The molecule has 0 saturated carbocycles. The predicted molar refractivity (Wildman–Crippen MR) is 26.0 cm³/mol. The molecule has 0 radical (unpaired) electrons. The Balaban J connectivity index is 2.36. The van der Waals surface area contributed by atoms with Crippen LogP contribution in [-0.2, 0) is 4.74 Å². The van der Waals surface area contributed by atoms with Crippen LogP contribution in [0.1, 0.15) is 13.8 Å². The second-order valence-corrected chi connectivity index (χ2v) is 2.23. The molecule has 0 amide bonds. The molecule has 0 aromatic heterocycles. The first-order chi connectivity index (χ1) is 3.19. The van der Waals surface area contributed by atoms with Gasteiger partial charge in [-0.15, -0.1) is 0 Å². The molecule has 2 nitrogen and oxygen atoms in total. The predicted octanol–water partition coefficient (Wildman–Crippen LogP) is 0.156. The van der Waals surface area contributed by atoms with Crippen LogP contribution in [0.5, 0.6) is 0 Å². The normalized spacial score (nSPS) is 49.3. The van der Waals surface area contributed by atoms with Gasteiger partial charge in [0.05, 0.1) is 12.7 Å². The second-order valence-electron chi connectivity index (χ2n) is 2.23. The van der Waals surface area contributed by atoms with Crippen molar-refractivity contribution in [1.82, 2.24) is 0 Å². The average Bonchev–Trinajstić information content (AvgIpc) is 2.18. The smallest absolute Gasteiger partial charge is 0.115 e. The van der Waals surface area contributed by atoms with Crippen molar-refractivity contribution in [3.8, 4) is 0 Å². The zero-order chi connectivity index (χ0) is 5.49. The Kier molecular flexibility index (Phi) is 0.869. The average molecular weight is 102 g/mol. The zero-order valence-corrected chi connectivity index (χ0v) is 4.64. The van der Waals surface area contributed by atoms with Gasteiger partial charge in [0.2, 0.25) is 0 Å². The molecule has 1 aliphatic rings. The topological polar surface area (TPSA) is 32.8 Å². The van der Waals surface area contributed by atoms with E-state index in [4.69, 9.17) is 9.84 Å². The zero-order valence-electron chi connectivity index (χ0n) is 4.64. The van der Waals surface area contributed by atoms with Crippen LogP contribution in [0.25, 0.3) is 0 Å². The number of aliphatic hydroxyl groups is 1. The SMILES string of the molecule is CC1OC1(C)CO. The van der Waals surface area contributed by atoms with Crippen molar-refractivity contribution in [3.05, 3.63) is 0 Å². The highest BCUT2D eigenvalue weighted by atomic mass is 16.6. The van der Waals surface area contributed by atoms with Crippen LogP contribution in [0.15, 0.2) is 0 Å². The minimum absolute atomic E-state index is 0.147. The highest BCUT2D eigenvalue weighted by Crippen LogP contribution is 2.34. The number of rotatable bonds is 1. The Hall–Kier alpha value is -0.0800. The van der Waals surface area contributed by atoms with Gasteiger partial charge in [-0.2, -0.15) is 0 Å². The molecular formula is C5H10O2. The number of hydrogen-bond donors (Lipinski definition) is 1. The summed E-state index contributed by atoms with van der Waals surface area (Å²) in [7, 11) is 0. The molecule has 1 N–H and O–H groups in total. The van der Waals surface area contributed by atoms with E-state index in [0.29, 0.717) is 0 Å². The lowest BCUT2D eigenvalue weighted by Crippen LogP contribution is -2.12. The Morgan fingerprint density at radius 1 is 1.86 bits per heavy atom. The van der Waals surface area contributed by atoms with Crippen molar-refractivity contribution in [2.45, 2.75) is 25.6 Å². The van der Waals surface area contributed by atoms with Crippen molar-refractivity contribution in [1.29, 1.82) is 0 Å². The maximum absolute atomic E-state index is 8.51. The van der Waals surface area contributed by atoms with Gasteiger partial charge < -0.3 is 9.84 Å². The van der Waals surface area contributed by atoms with Crippen LogP contribution in [0, 0.1) is 0 Å². The molecule has 7 heavy (non-hydrogen) atoms. The largest absolute Gasteiger partial charge is 0.393 e. The molecule has 0 spiro atoms. The molecule has 0 aliphatic carbocycles. The Bertz CT molecular complexity index is 78.1. The van der Waals surface area contributed by atoms with Gasteiger partial charge in [-0.3, -0.25) is 0 Å². The first-order valence-electron chi connectivity index (χ1n) is 2.48. The Morgan fingerprint density at radius 2 is 2.29 bits per heavy atom. The van der Waals surface area contributed by atoms with E-state index in [1.54, 1.807) is 0 Å². The monoisotopic (exact) mass is 102 g/mol. The molecular weight excluding hydrogens is 92.1 g/mol. The number of hydrogen-bond acceptors (Lipinski definition) is 2. The van der Waals surface area contributed by atoms with Crippen LogP contribution in [-0.4, -0.2) is 23.4 Å². The lowest BCUT2D eigenvalue weighted by Gasteiger charge is -1.93. The third-order valence-corrected chi connectivity index (χ3v) is 1.56. The fourth-order valence-electron chi connectivity index (χ4n) is 0.536. The molecule has 2 heteroatoms. The van der Waals surface area contributed by atoms with Crippen molar-refractivity contribution in [2.75, 3.05) is 6.61 Å². The highest BCUT2D eigenvalue weighted by Gasteiger charge is 2.48. The van der Waals surface area contributed by atoms with E-state index in [-0.39, 0.29) is 18.3 Å². The number of epoxide rings is 1. The summed E-state index contributed by atoms with van der Waals surface area (Å²) in [4.78, 5) is 0. The molecule has 2 unspecified atom stereocenters. The van der Waals surface area contributed by atoms with Crippen molar-refractivity contribution >= 4 is 0 Å². The van der Waals surface area contributed by atoms with E-state index in [1.165, 1.54) is 0 Å². The van der Waals surface area contributed by atoms with Gasteiger partial charge in [0, 0.05) is 0 Å². The third kappa shape index (κ3) is 0.640. The molecule has 0 aromatic rings. The van der Waals surface area contributed by atoms with E-state index in [0.717, 1.165) is 0 Å². The lowest BCUT2D eigenvalue weighted by molar-refractivity contribution is 0.184. The summed E-state index contributed by atoms with van der Waals surface area (Å²) in [6.45, 7) is 4.00. The quantitative estimate of drug-likeness (QED) is 0.478. The van der Waals surface area contributed by atoms with E-state index in [1.807, 2.05) is 13.8 Å². The van der Waals surface area contributed by atoms with Gasteiger partial charge in [0.15, 0.2) is 0 Å². The molecule has 1 rings (SSSR count). The molecule has 1 fully saturated rings. The highest BCUT2D eigenvalue weighted by molar-refractivity contribution is 4.94. The summed E-state index contributed by atoms with van der Waals surface area (Å²) in [6, 6.07) is 0. The Labute approximate surface area is 43.1 Å². The first kappa shape index (κ1) is 5.06. The standard InChI is InChI=1S/C5H10O2/c1-4-5(2,3-6)7-4/h4,6H,3H2,1-2H3. The summed E-state index contributed by atoms with van der Waals surface area (Å²) in [6.07, 6.45) is 0.262. The van der Waals surface area contributed by atoms with Gasteiger partial charge in [-0.1, -0.05) is 0 Å². The van der Waals surface area contributed by atoms with Crippen molar-refractivity contribution in [2.24, 2.45) is 0 Å². The van der Waals surface area contributed by atoms with Crippen LogP contribution in [0.3, 0.4) is 0 Å². The molecule has 1 saturated heterocycles. The van der Waals surface area contributed by atoms with Gasteiger partial charge in [0.1, 0.15) is 5.60 Å². The minimum Gasteiger partial charge on any atom is -0.393 e. The number of ether oxygens (including phenoxy) is 1. The summed E-state index contributed by atoms with van der Waals surface area (Å²) in [5.74, 6) is 0. The van der Waals surface area contributed by atoms with E-state index in [2.05, 4.69) is 0 Å². The van der Waals surface area contributed by atoms with Crippen LogP contribution in [0.4, 0.5) is 0 Å². The summed E-state index contributed by atoms with van der Waals surface area (Å²) in [5.41, 5.74) is -0.194. The van der Waals surface area contributed by atoms with Crippen LogP contribution < -0.4 is 0 Å². The van der Waals surface area contributed by atoms with Gasteiger partial charge >= 0.3 is 0 Å². The Morgan fingerprint density at radius 3 is 2.29 bits per heavy atom. The maximum Gasteiger partial charge on any atom is 0.115 e. The van der Waals surface area contributed by atoms with Crippen molar-refractivity contribution in [3.63, 3.8) is 0 Å². The van der Waals surface area contributed by atoms with Gasteiger partial charge in [0.25, 0.3) is 0 Å². The fraction of sp³-hybridized carbons (Fsp3) is 1.00. The summed E-state index contributed by atoms with van der Waals surface area (Å²) in [5, 5.41) is 8.51. The summed E-state index contributed by atoms with van der Waals surface area (Å²) < 4.78 is 5.00. The van der Waals surface area contributed by atoms with E-state index < -0.39 is 0 Å². The van der Waals surface area contributed by atoms with Gasteiger partial charge in [-0.05, 0) is 13.8 Å². The van der Waals surface area contributed by atoms with Gasteiger partial charge in [-0.25, -0.2) is 0 Å². The molecule has 0 bridgehead atoms. The fourth-order valence-corrected chi connectivity index (χ4v) is 0.536. The molecule has 42 valence electrons. The minimum atomic E-state index is -0.194. The van der Waals surface area contributed by atoms with Crippen LogP contribution in [0.2, 0.25) is 0 Å². The second kappa shape index (κ2) is 1.20. The molecule has 0 aromatic carbocycles. The molecule has 1 heterocycles. The third-order valence-electron chi connectivity index (χ3n) is 1.56. The van der Waals surface area contributed by atoms with Crippen LogP contribution >= 0.6 is 0 Å². The summed E-state index contributed by atoms with van der Waals surface area (Å²) >= 11 is 0. The lowest BCUT2D eigenvalue weighted by atomic mass is 10.1. The van der Waals surface area contributed by atoms with E-state index >= 15 is 0 Å². The molecule has 2 atom stereocenters. The first-order valence-corrected chi connectivity index (χ1v) is 2.48. The maximum atomic E-state index is 8.51.